The summed E-state index contributed by atoms with van der Waals surface area (Å²) in [5, 5.41) is 10.3. The van der Waals surface area contributed by atoms with Crippen LogP contribution in [0, 0.1) is 0 Å². The molecule has 0 spiro atoms. The molecule has 0 saturated heterocycles. The number of carboxylic acid groups (broad SMARTS) is 1. The van der Waals surface area contributed by atoms with Crippen molar-refractivity contribution in [2.24, 2.45) is 0 Å². The van der Waals surface area contributed by atoms with E-state index in [-0.39, 0.29) is 5.75 Å². The quantitative estimate of drug-likeness (QED) is 0.883. The molecule has 0 bridgehead atoms. The van der Waals surface area contributed by atoms with Crippen molar-refractivity contribution in [3.63, 3.8) is 0 Å². The Morgan fingerprint density at radius 1 is 1.50 bits per heavy atom. The van der Waals surface area contributed by atoms with Crippen LogP contribution >= 0.6 is 23.4 Å². The number of aromatic amines is 1. The molecule has 0 radical (unpaired) electrons. The first kappa shape index (κ1) is 11.4. The average Bonchev–Trinajstić information content (AvgIpc) is 2.60. The van der Waals surface area contributed by atoms with Crippen molar-refractivity contribution >= 4 is 40.2 Å². The number of carboxylic acids is 1. The second-order valence-electron chi connectivity index (χ2n) is 3.39. The van der Waals surface area contributed by atoms with Gasteiger partial charge in [-0.15, -0.1) is 11.8 Å². The molecule has 0 saturated carbocycles. The van der Waals surface area contributed by atoms with E-state index in [1.807, 2.05) is 24.4 Å². The Kier molecular flexibility index (Phi) is 3.41. The summed E-state index contributed by atoms with van der Waals surface area (Å²) in [6.45, 7) is 0. The molecule has 1 heterocycles. The Hall–Kier alpha value is -1.13. The van der Waals surface area contributed by atoms with Crippen molar-refractivity contribution < 1.29 is 9.90 Å². The highest BCUT2D eigenvalue weighted by atomic mass is 35.5. The number of nitrogens with one attached hydrogen (secondary N) is 1. The van der Waals surface area contributed by atoms with Gasteiger partial charge in [-0.1, -0.05) is 11.6 Å². The maximum absolute atomic E-state index is 10.4. The Balaban J connectivity index is 2.17. The van der Waals surface area contributed by atoms with Crippen molar-refractivity contribution in [3.05, 3.63) is 35.0 Å². The van der Waals surface area contributed by atoms with Gasteiger partial charge in [-0.2, -0.15) is 0 Å². The molecular weight excluding hydrogens is 246 g/mol. The molecular formula is C11H10ClNO2S. The SMILES string of the molecule is O=C(O)CSCc1c[nH]c2ccc(Cl)cc12. The van der Waals surface area contributed by atoms with E-state index in [4.69, 9.17) is 16.7 Å². The summed E-state index contributed by atoms with van der Waals surface area (Å²) in [4.78, 5) is 13.5. The molecule has 1 aromatic heterocycles. The van der Waals surface area contributed by atoms with E-state index in [2.05, 4.69) is 4.98 Å². The van der Waals surface area contributed by atoms with Gasteiger partial charge in [-0.3, -0.25) is 4.79 Å². The second kappa shape index (κ2) is 4.80. The van der Waals surface area contributed by atoms with Crippen LogP contribution in [0.3, 0.4) is 0 Å². The number of hydrogen-bond acceptors (Lipinski definition) is 2. The number of hydrogen-bond donors (Lipinski definition) is 2. The van der Waals surface area contributed by atoms with E-state index in [0.717, 1.165) is 16.5 Å². The first-order valence-corrected chi connectivity index (χ1v) is 6.25. The molecule has 0 aliphatic carbocycles. The van der Waals surface area contributed by atoms with Crippen molar-refractivity contribution in [2.75, 3.05) is 5.75 Å². The number of aromatic nitrogens is 1. The lowest BCUT2D eigenvalue weighted by Crippen LogP contribution is -1.97. The number of carbonyl (C=O) groups is 1. The molecule has 1 aromatic carbocycles. The molecule has 0 unspecified atom stereocenters. The minimum atomic E-state index is -0.789. The summed E-state index contributed by atoms with van der Waals surface area (Å²) < 4.78 is 0. The van der Waals surface area contributed by atoms with E-state index < -0.39 is 5.97 Å². The van der Waals surface area contributed by atoms with Crippen molar-refractivity contribution in [1.29, 1.82) is 0 Å². The van der Waals surface area contributed by atoms with E-state index in [9.17, 15) is 4.79 Å². The highest BCUT2D eigenvalue weighted by molar-refractivity contribution is 7.99. The fraction of sp³-hybridized carbons (Fsp3) is 0.182. The first-order valence-electron chi connectivity index (χ1n) is 4.72. The largest absolute Gasteiger partial charge is 0.481 e. The molecule has 0 amide bonds. The van der Waals surface area contributed by atoms with Gasteiger partial charge < -0.3 is 10.1 Å². The van der Waals surface area contributed by atoms with Crippen LogP contribution in [0.4, 0.5) is 0 Å². The number of halogens is 1. The van der Waals surface area contributed by atoms with Crippen LogP contribution in [0.1, 0.15) is 5.56 Å². The van der Waals surface area contributed by atoms with E-state index >= 15 is 0 Å². The topological polar surface area (TPSA) is 53.1 Å². The molecule has 2 rings (SSSR count). The minimum Gasteiger partial charge on any atom is -0.481 e. The van der Waals surface area contributed by atoms with Gasteiger partial charge in [-0.05, 0) is 23.8 Å². The number of benzene rings is 1. The van der Waals surface area contributed by atoms with Gasteiger partial charge in [0.25, 0.3) is 0 Å². The van der Waals surface area contributed by atoms with Crippen LogP contribution < -0.4 is 0 Å². The normalized spacial score (nSPS) is 10.8. The molecule has 2 N–H and O–H groups in total. The highest BCUT2D eigenvalue weighted by Crippen LogP contribution is 2.25. The van der Waals surface area contributed by atoms with Gasteiger partial charge in [-0.25, -0.2) is 0 Å². The Morgan fingerprint density at radius 3 is 3.06 bits per heavy atom. The minimum absolute atomic E-state index is 0.118. The Morgan fingerprint density at radius 2 is 2.31 bits per heavy atom. The number of aliphatic carboxylic acids is 1. The maximum atomic E-state index is 10.4. The first-order chi connectivity index (χ1) is 7.66. The van der Waals surface area contributed by atoms with Crippen LogP contribution in [0.2, 0.25) is 5.02 Å². The fourth-order valence-corrected chi connectivity index (χ4v) is 2.43. The lowest BCUT2D eigenvalue weighted by atomic mass is 10.2. The van der Waals surface area contributed by atoms with E-state index in [1.54, 1.807) is 0 Å². The zero-order valence-electron chi connectivity index (χ0n) is 8.37. The van der Waals surface area contributed by atoms with Crippen LogP contribution in [0.15, 0.2) is 24.4 Å². The van der Waals surface area contributed by atoms with Crippen LogP contribution in [-0.2, 0) is 10.5 Å². The van der Waals surface area contributed by atoms with Crippen molar-refractivity contribution in [3.8, 4) is 0 Å². The maximum Gasteiger partial charge on any atom is 0.313 e. The van der Waals surface area contributed by atoms with Crippen LogP contribution in [-0.4, -0.2) is 21.8 Å². The van der Waals surface area contributed by atoms with E-state index in [0.29, 0.717) is 10.8 Å². The van der Waals surface area contributed by atoms with Gasteiger partial charge in [0.15, 0.2) is 0 Å². The third-order valence-electron chi connectivity index (χ3n) is 2.21. The molecule has 0 aliphatic heterocycles. The van der Waals surface area contributed by atoms with Gasteiger partial charge >= 0.3 is 5.97 Å². The molecule has 84 valence electrons. The number of fused-ring (bicyclic) bond motifs is 1. The highest BCUT2D eigenvalue weighted by Gasteiger charge is 2.05. The van der Waals surface area contributed by atoms with Crippen molar-refractivity contribution in [1.82, 2.24) is 4.98 Å². The molecule has 0 aliphatic rings. The summed E-state index contributed by atoms with van der Waals surface area (Å²) >= 11 is 7.29. The predicted octanol–water partition coefficient (Wildman–Crippen LogP) is 3.14. The fourth-order valence-electron chi connectivity index (χ4n) is 1.52. The summed E-state index contributed by atoms with van der Waals surface area (Å²) in [7, 11) is 0. The average molecular weight is 256 g/mol. The third-order valence-corrected chi connectivity index (χ3v) is 3.41. The lowest BCUT2D eigenvalue weighted by molar-refractivity contribution is -0.133. The molecule has 2 aromatic rings. The second-order valence-corrected chi connectivity index (χ2v) is 4.81. The molecule has 0 atom stereocenters. The molecule has 0 fully saturated rings. The Labute approximate surface area is 102 Å². The van der Waals surface area contributed by atoms with E-state index in [1.165, 1.54) is 11.8 Å². The summed E-state index contributed by atoms with van der Waals surface area (Å²) in [6, 6.07) is 5.64. The number of rotatable bonds is 4. The van der Waals surface area contributed by atoms with Crippen molar-refractivity contribution in [2.45, 2.75) is 5.75 Å². The zero-order chi connectivity index (χ0) is 11.5. The van der Waals surface area contributed by atoms with Gasteiger partial charge in [0, 0.05) is 27.9 Å². The summed E-state index contributed by atoms with van der Waals surface area (Å²) in [6.07, 6.45) is 1.90. The predicted molar refractivity (Wildman–Crippen MR) is 67.1 cm³/mol. The number of thioether (sulfide) groups is 1. The zero-order valence-corrected chi connectivity index (χ0v) is 9.94. The molecule has 5 heteroatoms. The third kappa shape index (κ3) is 2.51. The smallest absolute Gasteiger partial charge is 0.313 e. The Bertz CT molecular complexity index is 524. The lowest BCUT2D eigenvalue weighted by Gasteiger charge is -1.98. The van der Waals surface area contributed by atoms with Gasteiger partial charge in [0.2, 0.25) is 0 Å². The van der Waals surface area contributed by atoms with Crippen LogP contribution in [0.5, 0.6) is 0 Å². The molecule has 3 nitrogen and oxygen atoms in total. The summed E-state index contributed by atoms with van der Waals surface area (Å²) in [5.74, 6) is 0.00254. The summed E-state index contributed by atoms with van der Waals surface area (Å²) in [5.41, 5.74) is 2.11. The monoisotopic (exact) mass is 255 g/mol. The standard InChI is InChI=1S/C11H10ClNO2S/c12-8-1-2-10-9(3-8)7(4-13-10)5-16-6-11(14)15/h1-4,13H,5-6H2,(H,14,15). The van der Waals surface area contributed by atoms with Crippen LogP contribution in [0.25, 0.3) is 10.9 Å². The van der Waals surface area contributed by atoms with Gasteiger partial charge in [0.05, 0.1) is 5.75 Å². The molecule has 16 heavy (non-hydrogen) atoms. The van der Waals surface area contributed by atoms with Gasteiger partial charge in [0.1, 0.15) is 0 Å². The number of H-pyrrole nitrogens is 1.